The summed E-state index contributed by atoms with van der Waals surface area (Å²) in [6, 6.07) is 7.50. The van der Waals surface area contributed by atoms with E-state index in [1.54, 1.807) is 0 Å². The molecule has 1 aliphatic rings. The van der Waals surface area contributed by atoms with Gasteiger partial charge in [-0.1, -0.05) is 44.7 Å². The van der Waals surface area contributed by atoms with Crippen LogP contribution in [-0.2, 0) is 14.2 Å². The van der Waals surface area contributed by atoms with Crippen LogP contribution in [0, 0.1) is 0 Å². The Morgan fingerprint density at radius 3 is 2.53 bits per heavy atom. The fourth-order valence-electron chi connectivity index (χ4n) is 3.73. The van der Waals surface area contributed by atoms with Crippen LogP contribution in [0.2, 0.25) is 0 Å². The van der Waals surface area contributed by atoms with Gasteiger partial charge in [-0.3, -0.25) is 10.2 Å². The lowest BCUT2D eigenvalue weighted by Crippen LogP contribution is -2.37. The average molecular weight is 451 g/mol. The summed E-state index contributed by atoms with van der Waals surface area (Å²) in [4.78, 5) is 15.0. The molecule has 32 heavy (non-hydrogen) atoms. The number of hydrogen-bond acceptors (Lipinski definition) is 6. The molecule has 182 valence electrons. The van der Waals surface area contributed by atoms with Crippen LogP contribution in [0.25, 0.3) is 0 Å². The second-order valence-electron chi connectivity index (χ2n) is 8.19. The molecule has 1 saturated heterocycles. The Hall–Kier alpha value is -1.83. The smallest absolute Gasteiger partial charge is 0.412 e. The Balaban J connectivity index is 1.82. The first-order valence-electron chi connectivity index (χ1n) is 12.3. The number of para-hydroxylation sites is 2. The van der Waals surface area contributed by atoms with E-state index < -0.39 is 6.09 Å². The number of unbranched alkanes of at least 4 members (excludes halogenated alkanes) is 4. The Morgan fingerprint density at radius 1 is 1.00 bits per heavy atom. The Labute approximate surface area is 193 Å². The lowest BCUT2D eigenvalue weighted by molar-refractivity contribution is -0.00902. The quantitative estimate of drug-likeness (QED) is 0.333. The fraction of sp³-hybridized carbons (Fsp3) is 0.720. The van der Waals surface area contributed by atoms with Gasteiger partial charge in [0.2, 0.25) is 0 Å². The van der Waals surface area contributed by atoms with Crippen LogP contribution >= 0.6 is 0 Å². The van der Waals surface area contributed by atoms with Crippen molar-refractivity contribution < 1.29 is 23.7 Å². The topological polar surface area (TPSA) is 69.3 Å². The number of nitrogens with one attached hydrogen (secondary N) is 1. The highest BCUT2D eigenvalue weighted by Gasteiger charge is 2.21. The predicted molar refractivity (Wildman–Crippen MR) is 128 cm³/mol. The number of carbonyl (C=O) groups is 1. The predicted octanol–water partition coefficient (Wildman–Crippen LogP) is 5.10. The number of nitrogens with zero attached hydrogens (tertiary/aromatic N) is 1. The SMILES string of the molecule is CCCCCCCOc1ccccc1NC(=O)OC(COCCOCC)CN1CCCC1. The number of hydrogen-bond donors (Lipinski definition) is 1. The van der Waals surface area contributed by atoms with Crippen LogP contribution in [0.15, 0.2) is 24.3 Å². The second-order valence-corrected chi connectivity index (χ2v) is 8.19. The fourth-order valence-corrected chi connectivity index (χ4v) is 3.73. The normalized spacial score (nSPS) is 14.9. The van der Waals surface area contributed by atoms with Crippen LogP contribution < -0.4 is 10.1 Å². The van der Waals surface area contributed by atoms with Gasteiger partial charge in [-0.15, -0.1) is 0 Å². The molecule has 0 bridgehead atoms. The van der Waals surface area contributed by atoms with Gasteiger partial charge in [-0.05, 0) is 51.4 Å². The number of anilines is 1. The van der Waals surface area contributed by atoms with E-state index >= 15 is 0 Å². The van der Waals surface area contributed by atoms with Crippen molar-refractivity contribution in [2.45, 2.75) is 64.9 Å². The molecular formula is C25H42N2O5. The molecule has 1 unspecified atom stereocenters. The standard InChI is InChI=1S/C25H42N2O5/c1-3-5-6-7-12-17-31-24-14-9-8-13-23(24)26-25(28)32-22(20-27-15-10-11-16-27)21-30-19-18-29-4-2/h8-9,13-14,22H,3-7,10-12,15-21H2,1-2H3,(H,26,28). The van der Waals surface area contributed by atoms with Crippen LogP contribution in [0.1, 0.15) is 58.8 Å². The number of rotatable bonds is 17. The van der Waals surface area contributed by atoms with Crippen LogP contribution in [-0.4, -0.2) is 69.8 Å². The zero-order valence-electron chi connectivity index (χ0n) is 20.0. The van der Waals surface area contributed by atoms with Crippen molar-refractivity contribution >= 4 is 11.8 Å². The third-order valence-electron chi connectivity index (χ3n) is 5.44. The van der Waals surface area contributed by atoms with Crippen molar-refractivity contribution in [3.8, 4) is 5.75 Å². The molecular weight excluding hydrogens is 408 g/mol. The Bertz CT molecular complexity index is 622. The molecule has 7 nitrogen and oxygen atoms in total. The lowest BCUT2D eigenvalue weighted by Gasteiger charge is -2.24. The Morgan fingerprint density at radius 2 is 1.75 bits per heavy atom. The van der Waals surface area contributed by atoms with E-state index in [4.69, 9.17) is 18.9 Å². The molecule has 1 fully saturated rings. The summed E-state index contributed by atoms with van der Waals surface area (Å²) in [5, 5.41) is 2.85. The van der Waals surface area contributed by atoms with Gasteiger partial charge in [-0.25, -0.2) is 4.79 Å². The van der Waals surface area contributed by atoms with E-state index in [9.17, 15) is 4.79 Å². The van der Waals surface area contributed by atoms with Gasteiger partial charge < -0.3 is 18.9 Å². The first-order chi connectivity index (χ1) is 15.7. The summed E-state index contributed by atoms with van der Waals surface area (Å²) in [6.07, 6.45) is 7.45. The monoisotopic (exact) mass is 450 g/mol. The molecule has 1 aliphatic heterocycles. The minimum Gasteiger partial charge on any atom is -0.491 e. The molecule has 1 amide bonds. The number of ether oxygens (including phenoxy) is 4. The summed E-state index contributed by atoms with van der Waals surface area (Å²) in [7, 11) is 0. The molecule has 0 aromatic heterocycles. The molecule has 0 aliphatic carbocycles. The first kappa shape index (κ1) is 26.4. The molecule has 7 heteroatoms. The van der Waals surface area contributed by atoms with Crippen molar-refractivity contribution in [1.82, 2.24) is 4.90 Å². The molecule has 1 atom stereocenters. The molecule has 0 spiro atoms. The molecule has 2 rings (SSSR count). The molecule has 1 aromatic carbocycles. The van der Waals surface area contributed by atoms with Crippen LogP contribution in [0.3, 0.4) is 0 Å². The Kier molecular flexibility index (Phi) is 13.8. The molecule has 0 saturated carbocycles. The number of benzene rings is 1. The number of amides is 1. The molecule has 1 aromatic rings. The largest absolute Gasteiger partial charge is 0.491 e. The van der Waals surface area contributed by atoms with Gasteiger partial charge in [0.1, 0.15) is 11.9 Å². The van der Waals surface area contributed by atoms with E-state index in [1.165, 1.54) is 32.1 Å². The highest BCUT2D eigenvalue weighted by molar-refractivity contribution is 5.86. The molecule has 0 radical (unpaired) electrons. The van der Waals surface area contributed by atoms with Gasteiger partial charge in [0.15, 0.2) is 0 Å². The maximum absolute atomic E-state index is 12.6. The van der Waals surface area contributed by atoms with E-state index in [0.29, 0.717) is 51.0 Å². The molecule has 1 N–H and O–H groups in total. The highest BCUT2D eigenvalue weighted by atomic mass is 16.6. The van der Waals surface area contributed by atoms with E-state index in [0.717, 1.165) is 25.9 Å². The minimum atomic E-state index is -0.485. The molecule has 1 heterocycles. The van der Waals surface area contributed by atoms with Gasteiger partial charge in [0.25, 0.3) is 0 Å². The van der Waals surface area contributed by atoms with Crippen LogP contribution in [0.5, 0.6) is 5.75 Å². The number of likely N-dealkylation sites (tertiary alicyclic amines) is 1. The van der Waals surface area contributed by atoms with Gasteiger partial charge in [-0.2, -0.15) is 0 Å². The van der Waals surface area contributed by atoms with Crippen molar-refractivity contribution in [3.63, 3.8) is 0 Å². The summed E-state index contributed by atoms with van der Waals surface area (Å²) in [5.41, 5.74) is 0.628. The average Bonchev–Trinajstić information content (AvgIpc) is 3.30. The lowest BCUT2D eigenvalue weighted by atomic mass is 10.2. The van der Waals surface area contributed by atoms with E-state index in [-0.39, 0.29) is 6.10 Å². The first-order valence-corrected chi connectivity index (χ1v) is 12.3. The van der Waals surface area contributed by atoms with E-state index in [1.807, 2.05) is 31.2 Å². The number of carbonyl (C=O) groups excluding carboxylic acids is 1. The zero-order valence-corrected chi connectivity index (χ0v) is 20.0. The summed E-state index contributed by atoms with van der Waals surface area (Å²) in [5.74, 6) is 0.670. The van der Waals surface area contributed by atoms with Crippen LogP contribution in [0.4, 0.5) is 10.5 Å². The third-order valence-corrected chi connectivity index (χ3v) is 5.44. The summed E-state index contributed by atoms with van der Waals surface area (Å²) in [6.45, 7) is 9.61. The van der Waals surface area contributed by atoms with Crippen molar-refractivity contribution in [3.05, 3.63) is 24.3 Å². The summed E-state index contributed by atoms with van der Waals surface area (Å²) < 4.78 is 22.7. The minimum absolute atomic E-state index is 0.332. The van der Waals surface area contributed by atoms with Gasteiger partial charge in [0, 0.05) is 13.2 Å². The van der Waals surface area contributed by atoms with Crippen molar-refractivity contribution in [2.24, 2.45) is 0 Å². The highest BCUT2D eigenvalue weighted by Crippen LogP contribution is 2.24. The van der Waals surface area contributed by atoms with Gasteiger partial charge in [0.05, 0.1) is 32.1 Å². The van der Waals surface area contributed by atoms with Crippen molar-refractivity contribution in [2.75, 3.05) is 58.0 Å². The second kappa shape index (κ2) is 16.8. The van der Waals surface area contributed by atoms with E-state index in [2.05, 4.69) is 17.1 Å². The maximum Gasteiger partial charge on any atom is 0.412 e. The summed E-state index contributed by atoms with van der Waals surface area (Å²) >= 11 is 0. The van der Waals surface area contributed by atoms with Gasteiger partial charge >= 0.3 is 6.09 Å². The third kappa shape index (κ3) is 11.2. The zero-order chi connectivity index (χ0) is 22.9. The maximum atomic E-state index is 12.6. The van der Waals surface area contributed by atoms with Crippen molar-refractivity contribution in [1.29, 1.82) is 0 Å².